The van der Waals surface area contributed by atoms with E-state index in [1.807, 2.05) is 6.92 Å². The molecular formula is C11H11BrN4O2S. The minimum Gasteiger partial charge on any atom is -0.384 e. The number of halogens is 1. The zero-order chi connectivity index (χ0) is 14.0. The zero-order valence-corrected chi connectivity index (χ0v) is 12.4. The molecule has 0 aliphatic carbocycles. The van der Waals surface area contributed by atoms with Crippen LogP contribution in [0, 0.1) is 6.92 Å². The van der Waals surface area contributed by atoms with Gasteiger partial charge in [-0.3, -0.25) is 4.72 Å². The van der Waals surface area contributed by atoms with Crippen molar-refractivity contribution in [3.63, 3.8) is 0 Å². The summed E-state index contributed by atoms with van der Waals surface area (Å²) in [5, 5.41) is 0. The van der Waals surface area contributed by atoms with Gasteiger partial charge in [-0.15, -0.1) is 0 Å². The smallest absolute Gasteiger partial charge is 0.264 e. The molecule has 19 heavy (non-hydrogen) atoms. The quantitative estimate of drug-likeness (QED) is 0.887. The first-order valence-corrected chi connectivity index (χ1v) is 7.52. The van der Waals surface area contributed by atoms with Crippen LogP contribution in [0.5, 0.6) is 0 Å². The Morgan fingerprint density at radius 3 is 2.58 bits per heavy atom. The summed E-state index contributed by atoms with van der Waals surface area (Å²) in [6.45, 7) is 1.84. The summed E-state index contributed by atoms with van der Waals surface area (Å²) in [5.41, 5.74) is 6.29. The molecular weight excluding hydrogens is 332 g/mol. The molecule has 3 N–H and O–H groups in total. The summed E-state index contributed by atoms with van der Waals surface area (Å²) in [5.74, 6) is 0.508. The summed E-state index contributed by atoms with van der Waals surface area (Å²) in [4.78, 5) is 7.77. The lowest BCUT2D eigenvalue weighted by atomic mass is 10.3. The van der Waals surface area contributed by atoms with Crippen molar-refractivity contribution >= 4 is 37.6 Å². The van der Waals surface area contributed by atoms with Crippen LogP contribution in [0.2, 0.25) is 0 Å². The van der Waals surface area contributed by atoms with E-state index in [-0.39, 0.29) is 16.5 Å². The van der Waals surface area contributed by atoms with Gasteiger partial charge in [0.15, 0.2) is 0 Å². The van der Waals surface area contributed by atoms with Gasteiger partial charge in [0.05, 0.1) is 0 Å². The lowest BCUT2D eigenvalue weighted by Crippen LogP contribution is -2.14. The maximum absolute atomic E-state index is 12.1. The van der Waals surface area contributed by atoms with Gasteiger partial charge in [-0.2, -0.15) is 0 Å². The maximum Gasteiger partial charge on any atom is 0.264 e. The standard InChI is InChI=1S/C11H11BrN4O2S/c1-7-4-11(15-6-9(7)12)16-19(17,18)8-2-3-10(13)14-5-8/h2-6H,1H3,(H2,13,14)(H,15,16). The number of pyridine rings is 2. The summed E-state index contributed by atoms with van der Waals surface area (Å²) in [6.07, 6.45) is 2.73. The first-order valence-electron chi connectivity index (χ1n) is 5.25. The minimum absolute atomic E-state index is 0.0315. The molecule has 0 aliphatic rings. The monoisotopic (exact) mass is 342 g/mol. The second kappa shape index (κ2) is 5.14. The molecule has 0 saturated carbocycles. The first kappa shape index (κ1) is 13.8. The first-order chi connectivity index (χ1) is 8.88. The molecule has 0 spiro atoms. The number of aromatic nitrogens is 2. The molecule has 2 aromatic heterocycles. The number of nitrogen functional groups attached to an aromatic ring is 1. The van der Waals surface area contributed by atoms with Crippen LogP contribution in [0.1, 0.15) is 5.56 Å². The third-order valence-electron chi connectivity index (χ3n) is 2.36. The van der Waals surface area contributed by atoms with Gasteiger partial charge < -0.3 is 5.73 Å². The van der Waals surface area contributed by atoms with Crippen LogP contribution < -0.4 is 10.5 Å². The molecule has 2 heterocycles. The molecule has 0 radical (unpaired) electrons. The molecule has 0 fully saturated rings. The highest BCUT2D eigenvalue weighted by atomic mass is 79.9. The van der Waals surface area contributed by atoms with E-state index in [1.54, 1.807) is 6.07 Å². The van der Waals surface area contributed by atoms with Crippen molar-refractivity contribution in [2.24, 2.45) is 0 Å². The number of nitrogens with two attached hydrogens (primary N) is 1. The van der Waals surface area contributed by atoms with Crippen LogP contribution in [0.3, 0.4) is 0 Å². The summed E-state index contributed by atoms with van der Waals surface area (Å²) < 4.78 is 27.3. The number of nitrogens with zero attached hydrogens (tertiary/aromatic N) is 2. The number of hydrogen-bond acceptors (Lipinski definition) is 5. The molecule has 0 saturated heterocycles. The molecule has 0 unspecified atom stereocenters. The molecule has 0 aromatic carbocycles. The number of sulfonamides is 1. The average Bonchev–Trinajstić information content (AvgIpc) is 2.34. The van der Waals surface area contributed by atoms with Gasteiger partial charge in [-0.1, -0.05) is 0 Å². The Labute approximate surface area is 119 Å². The van der Waals surface area contributed by atoms with Gasteiger partial charge in [0.1, 0.15) is 16.5 Å². The Morgan fingerprint density at radius 2 is 2.00 bits per heavy atom. The normalized spacial score (nSPS) is 11.3. The third kappa shape index (κ3) is 3.21. The predicted molar refractivity (Wildman–Crippen MR) is 76.1 cm³/mol. The van der Waals surface area contributed by atoms with Crippen molar-refractivity contribution < 1.29 is 8.42 Å². The van der Waals surface area contributed by atoms with Crippen LogP contribution in [-0.2, 0) is 10.0 Å². The number of aryl methyl sites for hydroxylation is 1. The van der Waals surface area contributed by atoms with Crippen molar-refractivity contribution in [2.75, 3.05) is 10.5 Å². The van der Waals surface area contributed by atoms with Crippen LogP contribution in [0.15, 0.2) is 40.0 Å². The van der Waals surface area contributed by atoms with Gasteiger partial charge in [0.2, 0.25) is 0 Å². The van der Waals surface area contributed by atoms with Gasteiger partial charge in [-0.05, 0) is 46.6 Å². The van der Waals surface area contributed by atoms with Crippen molar-refractivity contribution in [3.05, 3.63) is 40.6 Å². The number of nitrogens with one attached hydrogen (secondary N) is 1. The van der Waals surface area contributed by atoms with Crippen LogP contribution in [0.4, 0.5) is 11.6 Å². The molecule has 0 bridgehead atoms. The highest BCUT2D eigenvalue weighted by Gasteiger charge is 2.15. The second-order valence-corrected chi connectivity index (χ2v) is 6.38. The largest absolute Gasteiger partial charge is 0.384 e. The molecule has 6 nitrogen and oxygen atoms in total. The van der Waals surface area contributed by atoms with E-state index >= 15 is 0 Å². The Morgan fingerprint density at radius 1 is 1.26 bits per heavy atom. The summed E-state index contributed by atoms with van der Waals surface area (Å²) in [7, 11) is -3.71. The van der Waals surface area contributed by atoms with Crippen LogP contribution >= 0.6 is 15.9 Å². The Bertz CT molecular complexity index is 701. The molecule has 8 heteroatoms. The lowest BCUT2D eigenvalue weighted by molar-refractivity contribution is 0.600. The molecule has 2 aromatic rings. The van der Waals surface area contributed by atoms with Crippen LogP contribution in [-0.4, -0.2) is 18.4 Å². The average molecular weight is 343 g/mol. The van der Waals surface area contributed by atoms with Gasteiger partial charge in [-0.25, -0.2) is 18.4 Å². The Balaban J connectivity index is 2.30. The van der Waals surface area contributed by atoms with E-state index in [0.717, 1.165) is 10.0 Å². The minimum atomic E-state index is -3.71. The maximum atomic E-state index is 12.1. The highest BCUT2D eigenvalue weighted by Crippen LogP contribution is 2.19. The van der Waals surface area contributed by atoms with E-state index in [9.17, 15) is 8.42 Å². The number of anilines is 2. The number of hydrogen-bond donors (Lipinski definition) is 2. The van der Waals surface area contributed by atoms with Gasteiger partial charge in [0.25, 0.3) is 10.0 Å². The van der Waals surface area contributed by atoms with E-state index in [2.05, 4.69) is 30.6 Å². The van der Waals surface area contributed by atoms with Crippen LogP contribution in [0.25, 0.3) is 0 Å². The van der Waals surface area contributed by atoms with E-state index in [4.69, 9.17) is 5.73 Å². The van der Waals surface area contributed by atoms with E-state index in [0.29, 0.717) is 0 Å². The summed E-state index contributed by atoms with van der Waals surface area (Å²) >= 11 is 3.30. The fraction of sp³-hybridized carbons (Fsp3) is 0.0909. The second-order valence-electron chi connectivity index (χ2n) is 3.84. The molecule has 0 aliphatic heterocycles. The number of rotatable bonds is 3. The summed E-state index contributed by atoms with van der Waals surface area (Å²) in [6, 6.07) is 4.44. The fourth-order valence-corrected chi connectivity index (χ4v) is 2.50. The van der Waals surface area contributed by atoms with Crippen molar-refractivity contribution in [1.82, 2.24) is 9.97 Å². The fourth-order valence-electron chi connectivity index (χ4n) is 1.34. The lowest BCUT2D eigenvalue weighted by Gasteiger charge is -2.08. The zero-order valence-electron chi connectivity index (χ0n) is 9.96. The Hall–Kier alpha value is -1.67. The molecule has 0 atom stereocenters. The topological polar surface area (TPSA) is 98.0 Å². The van der Waals surface area contributed by atoms with Crippen molar-refractivity contribution in [1.29, 1.82) is 0 Å². The van der Waals surface area contributed by atoms with E-state index in [1.165, 1.54) is 24.5 Å². The van der Waals surface area contributed by atoms with Gasteiger partial charge in [0, 0.05) is 16.9 Å². The van der Waals surface area contributed by atoms with Crippen molar-refractivity contribution in [2.45, 2.75) is 11.8 Å². The van der Waals surface area contributed by atoms with Gasteiger partial charge >= 0.3 is 0 Å². The SMILES string of the molecule is Cc1cc(NS(=O)(=O)c2ccc(N)nc2)ncc1Br. The Kier molecular flexibility index (Phi) is 3.72. The molecule has 2 rings (SSSR count). The molecule has 0 amide bonds. The van der Waals surface area contributed by atoms with E-state index < -0.39 is 10.0 Å². The molecule has 100 valence electrons. The van der Waals surface area contributed by atoms with Crippen molar-refractivity contribution in [3.8, 4) is 0 Å². The highest BCUT2D eigenvalue weighted by molar-refractivity contribution is 9.10. The third-order valence-corrected chi connectivity index (χ3v) is 4.53. The predicted octanol–water partition coefficient (Wildman–Crippen LogP) is 1.93.